The van der Waals surface area contributed by atoms with Crippen LogP contribution in [0.3, 0.4) is 0 Å². The van der Waals surface area contributed by atoms with Crippen molar-refractivity contribution in [2.75, 3.05) is 18.4 Å². The van der Waals surface area contributed by atoms with Gasteiger partial charge in [-0.2, -0.15) is 0 Å². The zero-order valence-electron chi connectivity index (χ0n) is 18.5. The number of hydrogen-bond donors (Lipinski definition) is 4. The summed E-state index contributed by atoms with van der Waals surface area (Å²) in [5.41, 5.74) is 0.798. The Balaban J connectivity index is 1.92. The smallest absolute Gasteiger partial charge is 0.294 e. The van der Waals surface area contributed by atoms with Gasteiger partial charge in [0.25, 0.3) is 5.56 Å². The van der Waals surface area contributed by atoms with E-state index in [4.69, 9.17) is 10.8 Å². The van der Waals surface area contributed by atoms with Gasteiger partial charge in [0.1, 0.15) is 6.04 Å². The van der Waals surface area contributed by atoms with Gasteiger partial charge in [-0.15, -0.1) is 0 Å². The molecule has 4 N–H and O–H groups in total. The van der Waals surface area contributed by atoms with E-state index in [1.165, 1.54) is 29.4 Å². The average Bonchev–Trinajstić information content (AvgIpc) is 2.78. The van der Waals surface area contributed by atoms with Crippen molar-refractivity contribution in [1.82, 2.24) is 14.9 Å². The van der Waals surface area contributed by atoms with Crippen molar-refractivity contribution >= 4 is 28.9 Å². The van der Waals surface area contributed by atoms with Crippen molar-refractivity contribution in [2.24, 2.45) is 0 Å². The number of anilines is 1. The molecular formula is C23H30N6O3. The molecule has 32 heavy (non-hydrogen) atoms. The maximum atomic E-state index is 12.7. The highest BCUT2D eigenvalue weighted by Crippen LogP contribution is 2.10. The zero-order valence-corrected chi connectivity index (χ0v) is 18.5. The molecule has 0 radical (unpaired) electrons. The summed E-state index contributed by atoms with van der Waals surface area (Å²) in [6.45, 7) is 3.17. The lowest BCUT2D eigenvalue weighted by Gasteiger charge is -2.18. The van der Waals surface area contributed by atoms with E-state index in [1.807, 2.05) is 30.3 Å². The van der Waals surface area contributed by atoms with Crippen LogP contribution in [-0.2, 0) is 16.0 Å². The number of carbonyl (C=O) groups excluding carboxylic acids is 2. The number of hydrogen-bond acceptors (Lipinski definition) is 7. The number of aryl methyl sites for hydroxylation is 1. The van der Waals surface area contributed by atoms with Gasteiger partial charge in [-0.3, -0.25) is 19.0 Å². The first-order valence-corrected chi connectivity index (χ1v) is 10.6. The summed E-state index contributed by atoms with van der Waals surface area (Å²) in [6.07, 6.45) is 5.06. The molecule has 1 amide bonds. The number of carbonyl (C=O) groups is 2. The Kier molecular flexibility index (Phi) is 9.46. The number of aromatic nitrogens is 2. The fraction of sp³-hybridized carbons (Fsp3) is 0.391. The lowest BCUT2D eigenvalue weighted by molar-refractivity contribution is -0.127. The quantitative estimate of drug-likeness (QED) is 0.355. The average molecular weight is 439 g/mol. The molecular weight excluding hydrogens is 408 g/mol. The molecule has 0 fully saturated rings. The molecule has 2 rings (SSSR count). The highest BCUT2D eigenvalue weighted by Gasteiger charge is 2.21. The number of Topliss-reactive ketones (excluding diaryl/α,β-unsaturated/α-hetero) is 1. The fourth-order valence-corrected chi connectivity index (χ4v) is 3.13. The van der Waals surface area contributed by atoms with E-state index in [9.17, 15) is 14.4 Å². The highest BCUT2D eigenvalue weighted by molar-refractivity contribution is 6.40. The third kappa shape index (κ3) is 7.26. The van der Waals surface area contributed by atoms with Crippen molar-refractivity contribution in [3.63, 3.8) is 0 Å². The van der Waals surface area contributed by atoms with Crippen LogP contribution in [0, 0.1) is 10.8 Å². The Morgan fingerprint density at radius 2 is 1.88 bits per heavy atom. The molecule has 1 aromatic heterocycles. The maximum absolute atomic E-state index is 12.7. The van der Waals surface area contributed by atoms with Crippen molar-refractivity contribution < 1.29 is 9.59 Å². The Hall–Kier alpha value is -3.62. The summed E-state index contributed by atoms with van der Waals surface area (Å²) < 4.78 is 1.27. The van der Waals surface area contributed by atoms with Gasteiger partial charge in [0.2, 0.25) is 5.91 Å². The van der Waals surface area contributed by atoms with Crippen LogP contribution in [0.2, 0.25) is 0 Å². The van der Waals surface area contributed by atoms with Gasteiger partial charge in [-0.1, -0.05) is 37.3 Å². The minimum Gasteiger partial charge on any atom is -0.360 e. The predicted molar refractivity (Wildman–Crippen MR) is 125 cm³/mol. The number of nitrogens with one attached hydrogen (secondary N) is 4. The van der Waals surface area contributed by atoms with E-state index in [0.717, 1.165) is 6.42 Å². The summed E-state index contributed by atoms with van der Waals surface area (Å²) in [4.78, 5) is 41.6. The molecule has 9 heteroatoms. The van der Waals surface area contributed by atoms with Gasteiger partial charge in [-0.25, -0.2) is 4.98 Å². The molecule has 1 aromatic carbocycles. The molecule has 1 atom stereocenters. The summed E-state index contributed by atoms with van der Waals surface area (Å²) in [5.74, 6) is -0.470. The van der Waals surface area contributed by atoms with Crippen molar-refractivity contribution in [1.29, 1.82) is 10.8 Å². The number of amides is 1. The fourth-order valence-electron chi connectivity index (χ4n) is 3.13. The van der Waals surface area contributed by atoms with Gasteiger partial charge in [0.15, 0.2) is 11.6 Å². The van der Waals surface area contributed by atoms with E-state index >= 15 is 0 Å². The second-order valence-corrected chi connectivity index (χ2v) is 7.47. The second kappa shape index (κ2) is 12.3. The van der Waals surface area contributed by atoms with Gasteiger partial charge in [-0.05, 0) is 31.7 Å². The van der Waals surface area contributed by atoms with E-state index in [0.29, 0.717) is 19.3 Å². The number of nitrogens with zero attached hydrogens (tertiary/aromatic N) is 2. The number of benzene rings is 1. The first kappa shape index (κ1) is 24.6. The van der Waals surface area contributed by atoms with E-state index in [2.05, 4.69) is 15.6 Å². The molecule has 0 saturated heterocycles. The lowest BCUT2D eigenvalue weighted by Crippen LogP contribution is -2.40. The Labute approximate surface area is 187 Å². The van der Waals surface area contributed by atoms with Crippen LogP contribution < -0.4 is 16.2 Å². The van der Waals surface area contributed by atoms with Crippen LogP contribution >= 0.6 is 0 Å². The monoisotopic (exact) mass is 438 g/mol. The number of rotatable bonds is 13. The molecule has 0 aliphatic carbocycles. The van der Waals surface area contributed by atoms with E-state index in [-0.39, 0.29) is 36.1 Å². The number of ketones is 1. The lowest BCUT2D eigenvalue weighted by atomic mass is 10.1. The first-order chi connectivity index (χ1) is 15.3. The van der Waals surface area contributed by atoms with Crippen LogP contribution in [0.4, 0.5) is 5.82 Å². The molecule has 0 aliphatic heterocycles. The molecule has 170 valence electrons. The highest BCUT2D eigenvalue weighted by atomic mass is 16.2. The van der Waals surface area contributed by atoms with E-state index < -0.39 is 17.5 Å². The standard InChI is InChI=1S/C23H30N6O3/c1-3-20(29-13-12-26-21(23(29)32)27-15-19(25)16(2)24)22(31)28-14-18(30)11-7-10-17-8-5-4-6-9-17/h4-6,8-9,12-13,20,24-25H,3,7,10-11,14-15H2,1-2H3,(H,26,27)(H,28,31). The SMILES string of the molecule is CCC(C(=O)NCC(=O)CCCc1ccccc1)n1ccnc(NCC(=N)C(C)=N)c1=O. The van der Waals surface area contributed by atoms with Crippen LogP contribution in [0.1, 0.15) is 44.7 Å². The maximum Gasteiger partial charge on any atom is 0.294 e. The van der Waals surface area contributed by atoms with E-state index in [1.54, 1.807) is 6.92 Å². The second-order valence-electron chi connectivity index (χ2n) is 7.47. The third-order valence-corrected chi connectivity index (χ3v) is 5.00. The van der Waals surface area contributed by atoms with Gasteiger partial charge in [0.05, 0.1) is 24.5 Å². The topological polar surface area (TPSA) is 141 Å². The molecule has 2 aromatic rings. The van der Waals surface area contributed by atoms with Crippen molar-refractivity contribution in [2.45, 2.75) is 45.6 Å². The third-order valence-electron chi connectivity index (χ3n) is 5.00. The summed E-state index contributed by atoms with van der Waals surface area (Å²) in [5, 5.41) is 20.5. The summed E-state index contributed by atoms with van der Waals surface area (Å²) >= 11 is 0. The predicted octanol–water partition coefficient (Wildman–Crippen LogP) is 2.37. The Morgan fingerprint density at radius 3 is 2.53 bits per heavy atom. The van der Waals surface area contributed by atoms with Gasteiger partial charge < -0.3 is 21.5 Å². The minimum atomic E-state index is -0.785. The van der Waals surface area contributed by atoms with Crippen LogP contribution in [0.5, 0.6) is 0 Å². The van der Waals surface area contributed by atoms with Gasteiger partial charge >= 0.3 is 0 Å². The zero-order chi connectivity index (χ0) is 23.5. The van der Waals surface area contributed by atoms with Crippen LogP contribution in [0.15, 0.2) is 47.5 Å². The molecule has 1 unspecified atom stereocenters. The van der Waals surface area contributed by atoms with Crippen LogP contribution in [0.25, 0.3) is 0 Å². The molecule has 0 aliphatic rings. The summed E-state index contributed by atoms with van der Waals surface area (Å²) in [6, 6.07) is 9.12. The molecule has 9 nitrogen and oxygen atoms in total. The summed E-state index contributed by atoms with van der Waals surface area (Å²) in [7, 11) is 0. The molecule has 1 heterocycles. The molecule has 0 spiro atoms. The minimum absolute atomic E-state index is 0.00161. The molecule has 0 saturated carbocycles. The van der Waals surface area contributed by atoms with Crippen LogP contribution in [-0.4, -0.2) is 45.8 Å². The Bertz CT molecular complexity index is 1020. The normalized spacial score (nSPS) is 11.4. The Morgan fingerprint density at radius 1 is 1.16 bits per heavy atom. The largest absolute Gasteiger partial charge is 0.360 e. The molecule has 0 bridgehead atoms. The van der Waals surface area contributed by atoms with Crippen molar-refractivity contribution in [3.05, 3.63) is 58.6 Å². The van der Waals surface area contributed by atoms with Gasteiger partial charge in [0, 0.05) is 18.8 Å². The van der Waals surface area contributed by atoms with Crippen molar-refractivity contribution in [3.8, 4) is 0 Å². The first-order valence-electron chi connectivity index (χ1n) is 10.6.